The molecular weight excluding hydrogens is 382 g/mol. The number of nitrogens with one attached hydrogen (secondary N) is 2. The maximum atomic E-state index is 11.6. The van der Waals surface area contributed by atoms with Gasteiger partial charge in [0, 0.05) is 23.4 Å². The van der Waals surface area contributed by atoms with E-state index in [9.17, 15) is 9.90 Å². The number of rotatable bonds is 12. The van der Waals surface area contributed by atoms with Crippen LogP contribution in [0.5, 0.6) is 11.5 Å². The van der Waals surface area contributed by atoms with Crippen LogP contribution in [0.15, 0.2) is 41.5 Å². The molecule has 2 aromatic rings. The summed E-state index contributed by atoms with van der Waals surface area (Å²) < 4.78 is 5.88. The standard InChI is InChI=1S/C22H31N5O3/c1-3-6-19-20(12-11-18(15(2)28)21(19)29)30-14-5-4-13-25-17-9-7-16(8-10-17)22(23)26-27-24/h7-12,25,27,29H,3-6,13-14,24H2,1-2H3,(H2,23,26). The number of ether oxygens (including phenoxy) is 1. The Morgan fingerprint density at radius 3 is 2.53 bits per heavy atom. The third-order valence-electron chi connectivity index (χ3n) is 4.64. The van der Waals surface area contributed by atoms with Gasteiger partial charge in [0.25, 0.3) is 0 Å². The molecule has 0 spiro atoms. The van der Waals surface area contributed by atoms with Crippen LogP contribution in [0.25, 0.3) is 0 Å². The van der Waals surface area contributed by atoms with Crippen molar-refractivity contribution in [1.82, 2.24) is 5.53 Å². The number of unbranched alkanes of at least 4 members (excludes halogenated alkanes) is 1. The Balaban J connectivity index is 1.80. The largest absolute Gasteiger partial charge is 0.507 e. The van der Waals surface area contributed by atoms with Crippen molar-refractivity contribution in [3.8, 4) is 11.5 Å². The minimum absolute atomic E-state index is 0.0416. The zero-order valence-electron chi connectivity index (χ0n) is 17.6. The second kappa shape index (κ2) is 11.7. The number of nitrogens with zero attached hydrogens (tertiary/aromatic N) is 1. The lowest BCUT2D eigenvalue weighted by Crippen LogP contribution is -2.22. The molecule has 0 aromatic heterocycles. The van der Waals surface area contributed by atoms with Crippen molar-refractivity contribution in [3.63, 3.8) is 0 Å². The molecule has 162 valence electrons. The van der Waals surface area contributed by atoms with Gasteiger partial charge in [-0.3, -0.25) is 4.79 Å². The number of hydrogen-bond acceptors (Lipinski definition) is 7. The molecule has 0 radical (unpaired) electrons. The molecule has 0 unspecified atom stereocenters. The van der Waals surface area contributed by atoms with E-state index in [-0.39, 0.29) is 11.5 Å². The van der Waals surface area contributed by atoms with Gasteiger partial charge in [-0.05, 0) is 62.6 Å². The molecule has 0 heterocycles. The number of anilines is 1. The summed E-state index contributed by atoms with van der Waals surface area (Å²) in [6.45, 7) is 4.81. The van der Waals surface area contributed by atoms with Crippen LogP contribution in [0.2, 0.25) is 0 Å². The quantitative estimate of drug-likeness (QED) is 0.0901. The van der Waals surface area contributed by atoms with Gasteiger partial charge in [0.15, 0.2) is 11.6 Å². The first-order valence-electron chi connectivity index (χ1n) is 10.1. The monoisotopic (exact) mass is 413 g/mol. The minimum Gasteiger partial charge on any atom is -0.507 e. The normalized spacial score (nSPS) is 11.2. The van der Waals surface area contributed by atoms with E-state index in [1.807, 2.05) is 31.2 Å². The van der Waals surface area contributed by atoms with E-state index >= 15 is 0 Å². The van der Waals surface area contributed by atoms with E-state index in [1.165, 1.54) is 6.92 Å². The van der Waals surface area contributed by atoms with Gasteiger partial charge in [-0.25, -0.2) is 11.4 Å². The smallest absolute Gasteiger partial charge is 0.163 e. The van der Waals surface area contributed by atoms with E-state index in [0.717, 1.165) is 37.1 Å². The number of hydrogen-bond donors (Lipinski definition) is 5. The van der Waals surface area contributed by atoms with Gasteiger partial charge >= 0.3 is 0 Å². The molecule has 0 aliphatic rings. The average molecular weight is 414 g/mol. The number of carbonyl (C=O) groups is 1. The number of phenols is 1. The average Bonchev–Trinajstić information content (AvgIpc) is 2.73. The molecular formula is C22H31N5O3. The summed E-state index contributed by atoms with van der Waals surface area (Å²) in [7, 11) is 0. The lowest BCUT2D eigenvalue weighted by atomic mass is 10.0. The zero-order valence-corrected chi connectivity index (χ0v) is 17.6. The van der Waals surface area contributed by atoms with Gasteiger partial charge in [-0.1, -0.05) is 13.3 Å². The van der Waals surface area contributed by atoms with Crippen molar-refractivity contribution in [1.29, 1.82) is 0 Å². The second-order valence-electron chi connectivity index (χ2n) is 6.93. The summed E-state index contributed by atoms with van der Waals surface area (Å²) in [6.07, 6.45) is 3.29. The minimum atomic E-state index is -0.151. The number of hydrazine groups is 1. The van der Waals surface area contributed by atoms with Crippen molar-refractivity contribution >= 4 is 17.3 Å². The number of amidine groups is 1. The van der Waals surface area contributed by atoms with Crippen molar-refractivity contribution in [3.05, 3.63) is 53.1 Å². The SMILES string of the molecule is CCCc1c(OCCCCNc2ccc(/C(N)=N/NN)cc2)ccc(C(C)=O)c1O. The molecule has 7 N–H and O–H groups in total. The highest BCUT2D eigenvalue weighted by Crippen LogP contribution is 2.33. The molecule has 30 heavy (non-hydrogen) atoms. The first kappa shape index (κ1) is 23.0. The fourth-order valence-corrected chi connectivity index (χ4v) is 3.06. The highest BCUT2D eigenvalue weighted by Gasteiger charge is 2.15. The molecule has 0 bridgehead atoms. The maximum absolute atomic E-state index is 11.6. The van der Waals surface area contributed by atoms with E-state index in [2.05, 4.69) is 16.0 Å². The third-order valence-corrected chi connectivity index (χ3v) is 4.64. The van der Waals surface area contributed by atoms with Crippen LogP contribution in [0, 0.1) is 0 Å². The molecule has 0 atom stereocenters. The van der Waals surface area contributed by atoms with Crippen molar-refractivity contribution in [2.75, 3.05) is 18.5 Å². The Kier molecular flexibility index (Phi) is 8.96. The summed E-state index contributed by atoms with van der Waals surface area (Å²) in [5.41, 5.74) is 10.8. The van der Waals surface area contributed by atoms with Crippen molar-refractivity contribution in [2.24, 2.45) is 16.7 Å². The van der Waals surface area contributed by atoms with Crippen molar-refractivity contribution < 1.29 is 14.6 Å². The maximum Gasteiger partial charge on any atom is 0.163 e. The number of phenolic OH excluding ortho intramolecular Hbond substituents is 1. The first-order chi connectivity index (χ1) is 14.5. The summed E-state index contributed by atoms with van der Waals surface area (Å²) in [5.74, 6) is 5.99. The van der Waals surface area contributed by atoms with E-state index in [4.69, 9.17) is 16.3 Å². The molecule has 2 aromatic carbocycles. The molecule has 0 aliphatic heterocycles. The van der Waals surface area contributed by atoms with Crippen LogP contribution >= 0.6 is 0 Å². The number of benzene rings is 2. The lowest BCUT2D eigenvalue weighted by molar-refractivity contribution is 0.101. The Labute approximate surface area is 177 Å². The number of hydrazone groups is 1. The molecule has 0 saturated heterocycles. The number of ketones is 1. The fraction of sp³-hybridized carbons (Fsp3) is 0.364. The van der Waals surface area contributed by atoms with E-state index in [0.29, 0.717) is 35.7 Å². The summed E-state index contributed by atoms with van der Waals surface area (Å²) in [6, 6.07) is 11.0. The van der Waals surface area contributed by atoms with Crippen LogP contribution < -0.4 is 27.2 Å². The van der Waals surface area contributed by atoms with Crippen LogP contribution in [0.1, 0.15) is 54.6 Å². The van der Waals surface area contributed by atoms with E-state index in [1.54, 1.807) is 12.1 Å². The molecule has 8 heteroatoms. The number of nitrogens with two attached hydrogens (primary N) is 2. The number of Topliss-reactive ketones (excluding diaryl/α,β-unsaturated/α-hetero) is 1. The molecule has 2 rings (SSSR count). The predicted molar refractivity (Wildman–Crippen MR) is 120 cm³/mol. The van der Waals surface area contributed by atoms with Crippen LogP contribution in [-0.4, -0.2) is 29.9 Å². The zero-order chi connectivity index (χ0) is 21.9. The van der Waals surface area contributed by atoms with Gasteiger partial charge in [-0.2, -0.15) is 0 Å². The Morgan fingerprint density at radius 2 is 1.90 bits per heavy atom. The third kappa shape index (κ3) is 6.38. The predicted octanol–water partition coefficient (Wildman–Crippen LogP) is 2.90. The van der Waals surface area contributed by atoms with Gasteiger partial charge in [0.1, 0.15) is 11.5 Å². The van der Waals surface area contributed by atoms with E-state index < -0.39 is 0 Å². The molecule has 8 nitrogen and oxygen atoms in total. The Hall–Kier alpha value is -3.26. The molecule has 0 aliphatic carbocycles. The van der Waals surface area contributed by atoms with Crippen LogP contribution in [0.3, 0.4) is 0 Å². The highest BCUT2D eigenvalue weighted by molar-refractivity contribution is 5.98. The van der Waals surface area contributed by atoms with Crippen molar-refractivity contribution in [2.45, 2.75) is 39.5 Å². The number of carbonyl (C=O) groups excluding carboxylic acids is 1. The second-order valence-corrected chi connectivity index (χ2v) is 6.93. The summed E-state index contributed by atoms with van der Waals surface area (Å²) >= 11 is 0. The summed E-state index contributed by atoms with van der Waals surface area (Å²) in [4.78, 5) is 11.6. The van der Waals surface area contributed by atoms with Gasteiger partial charge < -0.3 is 20.9 Å². The molecule has 0 saturated carbocycles. The van der Waals surface area contributed by atoms with Gasteiger partial charge in [-0.15, -0.1) is 5.10 Å². The molecule has 0 amide bonds. The topological polar surface area (TPSA) is 135 Å². The van der Waals surface area contributed by atoms with Crippen LogP contribution in [-0.2, 0) is 6.42 Å². The summed E-state index contributed by atoms with van der Waals surface area (Å²) in [5, 5.41) is 17.5. The van der Waals surface area contributed by atoms with Crippen LogP contribution in [0.4, 0.5) is 5.69 Å². The molecule has 0 fully saturated rings. The highest BCUT2D eigenvalue weighted by atomic mass is 16.5. The lowest BCUT2D eigenvalue weighted by Gasteiger charge is -2.15. The number of aromatic hydroxyl groups is 1. The van der Waals surface area contributed by atoms with Gasteiger partial charge in [0.2, 0.25) is 0 Å². The first-order valence-corrected chi connectivity index (χ1v) is 10.1. The Morgan fingerprint density at radius 1 is 1.17 bits per heavy atom. The Bertz CT molecular complexity index is 866. The van der Waals surface area contributed by atoms with Gasteiger partial charge in [0.05, 0.1) is 12.2 Å². The fourth-order valence-electron chi connectivity index (χ4n) is 3.06.